The highest BCUT2D eigenvalue weighted by Gasteiger charge is 2.37. The Hall–Kier alpha value is -4.10. The molecule has 0 saturated carbocycles. The van der Waals surface area contributed by atoms with Crippen molar-refractivity contribution < 1.29 is 14.4 Å². The van der Waals surface area contributed by atoms with Gasteiger partial charge in [0, 0.05) is 42.3 Å². The van der Waals surface area contributed by atoms with E-state index in [1.807, 2.05) is 42.6 Å². The van der Waals surface area contributed by atoms with Gasteiger partial charge in [0.15, 0.2) is 0 Å². The molecular weight excluding hydrogens is 494 g/mol. The van der Waals surface area contributed by atoms with Crippen LogP contribution >= 0.6 is 11.8 Å². The van der Waals surface area contributed by atoms with Crippen molar-refractivity contribution in [3.63, 3.8) is 0 Å². The molecule has 3 heterocycles. The summed E-state index contributed by atoms with van der Waals surface area (Å²) in [6, 6.07) is 24.5. The Kier molecular flexibility index (Phi) is 6.37. The van der Waals surface area contributed by atoms with Crippen LogP contribution in [0.25, 0.3) is 17.0 Å². The highest BCUT2D eigenvalue weighted by molar-refractivity contribution is 8.18. The quantitative estimate of drug-likeness (QED) is 0.320. The van der Waals surface area contributed by atoms with Crippen molar-refractivity contribution in [2.75, 3.05) is 13.1 Å². The lowest BCUT2D eigenvalue weighted by Gasteiger charge is -2.29. The van der Waals surface area contributed by atoms with E-state index in [9.17, 15) is 14.4 Å². The topological polar surface area (TPSA) is 62.6 Å². The summed E-state index contributed by atoms with van der Waals surface area (Å²) in [4.78, 5) is 42.2. The van der Waals surface area contributed by atoms with Crippen LogP contribution in [0.15, 0.2) is 83.9 Å². The number of carbonyl (C=O) groups excluding carboxylic acids is 3. The molecule has 4 aromatic rings. The number of thioether (sulfide) groups is 1. The number of fused-ring (bicyclic) bond motifs is 2. The largest absolute Gasteiger partial charge is 0.342 e. The number of rotatable bonds is 5. The van der Waals surface area contributed by atoms with Crippen molar-refractivity contribution in [2.45, 2.75) is 26.4 Å². The summed E-state index contributed by atoms with van der Waals surface area (Å²) in [6.45, 7) is 3.63. The standard InChI is InChI=1S/C31H27N3O3S/c1-21-7-6-8-22(15-21)17-33-19-25(26-11-4-5-12-27(26)33)16-28-30(36)34(31(37)38-28)20-29(35)32-14-13-23-9-2-3-10-24(23)18-32/h2-12,15-16,19H,13-14,17-18,20H2,1H3/b28-16-. The minimum Gasteiger partial charge on any atom is -0.342 e. The van der Waals surface area contributed by atoms with Crippen molar-refractivity contribution in [3.8, 4) is 0 Å². The number of carbonyl (C=O) groups is 3. The smallest absolute Gasteiger partial charge is 0.294 e. The zero-order chi connectivity index (χ0) is 26.2. The van der Waals surface area contributed by atoms with Crippen LogP contribution < -0.4 is 0 Å². The summed E-state index contributed by atoms with van der Waals surface area (Å²) in [7, 11) is 0. The zero-order valence-corrected chi connectivity index (χ0v) is 21.9. The average Bonchev–Trinajstić information content (AvgIpc) is 3.40. The van der Waals surface area contributed by atoms with Crippen molar-refractivity contribution >= 4 is 45.8 Å². The molecule has 0 aliphatic carbocycles. The third-order valence-corrected chi connectivity index (χ3v) is 8.10. The molecule has 0 bridgehead atoms. The van der Waals surface area contributed by atoms with Crippen LogP contribution in [-0.4, -0.2) is 44.5 Å². The van der Waals surface area contributed by atoms with E-state index in [4.69, 9.17) is 0 Å². The maximum atomic E-state index is 13.2. The minimum atomic E-state index is -0.415. The van der Waals surface area contributed by atoms with E-state index in [1.54, 1.807) is 11.0 Å². The van der Waals surface area contributed by atoms with Gasteiger partial charge in [-0.05, 0) is 53.9 Å². The Morgan fingerprint density at radius 2 is 1.76 bits per heavy atom. The van der Waals surface area contributed by atoms with Crippen molar-refractivity contribution in [1.82, 2.24) is 14.4 Å². The van der Waals surface area contributed by atoms with Crippen LogP contribution in [0.1, 0.15) is 27.8 Å². The van der Waals surface area contributed by atoms with E-state index in [2.05, 4.69) is 47.9 Å². The fourth-order valence-corrected chi connectivity index (χ4v) is 6.08. The molecule has 38 heavy (non-hydrogen) atoms. The highest BCUT2D eigenvalue weighted by Crippen LogP contribution is 2.34. The van der Waals surface area contributed by atoms with Crippen LogP contribution in [-0.2, 0) is 29.1 Å². The predicted octanol–water partition coefficient (Wildman–Crippen LogP) is 5.62. The van der Waals surface area contributed by atoms with E-state index >= 15 is 0 Å². The van der Waals surface area contributed by atoms with Gasteiger partial charge < -0.3 is 9.47 Å². The van der Waals surface area contributed by atoms with Gasteiger partial charge in [-0.25, -0.2) is 0 Å². The Balaban J connectivity index is 1.22. The van der Waals surface area contributed by atoms with Crippen LogP contribution in [0.4, 0.5) is 4.79 Å². The fourth-order valence-electron chi connectivity index (χ4n) is 5.25. The summed E-state index contributed by atoms with van der Waals surface area (Å²) in [6.07, 6.45) is 4.58. The first-order chi connectivity index (χ1) is 18.5. The first-order valence-electron chi connectivity index (χ1n) is 12.7. The third-order valence-electron chi connectivity index (χ3n) is 7.19. The Labute approximate surface area is 225 Å². The molecule has 2 aliphatic heterocycles. The molecular formula is C31H27N3O3S. The number of imide groups is 1. The number of hydrogen-bond donors (Lipinski definition) is 0. The second kappa shape index (κ2) is 9.99. The number of aryl methyl sites for hydroxylation is 1. The number of amides is 3. The summed E-state index contributed by atoms with van der Waals surface area (Å²) < 4.78 is 2.16. The van der Waals surface area contributed by atoms with Crippen LogP contribution in [0.2, 0.25) is 0 Å². The fraction of sp³-hybridized carbons (Fsp3) is 0.194. The molecule has 3 amide bonds. The lowest BCUT2D eigenvalue weighted by atomic mass is 10.00. The summed E-state index contributed by atoms with van der Waals surface area (Å²) in [5.41, 5.74) is 6.68. The molecule has 1 saturated heterocycles. The van der Waals surface area contributed by atoms with Crippen LogP contribution in [0.5, 0.6) is 0 Å². The monoisotopic (exact) mass is 521 g/mol. The highest BCUT2D eigenvalue weighted by atomic mass is 32.2. The molecule has 2 aliphatic rings. The molecule has 0 radical (unpaired) electrons. The molecule has 190 valence electrons. The first kappa shape index (κ1) is 24.2. The first-order valence-corrected chi connectivity index (χ1v) is 13.5. The van der Waals surface area contributed by atoms with E-state index in [-0.39, 0.29) is 12.5 Å². The van der Waals surface area contributed by atoms with Crippen molar-refractivity contribution in [1.29, 1.82) is 0 Å². The lowest BCUT2D eigenvalue weighted by Crippen LogP contribution is -2.44. The normalized spacial score (nSPS) is 16.5. The second-order valence-electron chi connectivity index (χ2n) is 9.82. The SMILES string of the molecule is Cc1cccc(Cn2cc(/C=C3\SC(=O)N(CC(=O)N4CCc5ccccc5C4)C3=O)c3ccccc32)c1. The van der Waals surface area contributed by atoms with E-state index < -0.39 is 11.1 Å². The number of benzene rings is 3. The average molecular weight is 522 g/mol. The molecule has 1 aromatic heterocycles. The van der Waals surface area contributed by atoms with Crippen LogP contribution in [0.3, 0.4) is 0 Å². The molecule has 7 heteroatoms. The van der Waals surface area contributed by atoms with Gasteiger partial charge >= 0.3 is 0 Å². The number of para-hydroxylation sites is 1. The van der Waals surface area contributed by atoms with Crippen molar-refractivity contribution in [3.05, 3.63) is 112 Å². The van der Waals surface area contributed by atoms with Gasteiger partial charge in [0.2, 0.25) is 5.91 Å². The maximum Gasteiger partial charge on any atom is 0.294 e. The molecule has 0 N–H and O–H groups in total. The molecule has 1 fully saturated rings. The third kappa shape index (κ3) is 4.65. The van der Waals surface area contributed by atoms with E-state index in [1.165, 1.54) is 16.7 Å². The lowest BCUT2D eigenvalue weighted by molar-refractivity contribution is -0.136. The van der Waals surface area contributed by atoms with Crippen LogP contribution in [0, 0.1) is 6.92 Å². The van der Waals surface area contributed by atoms with E-state index in [0.29, 0.717) is 24.5 Å². The van der Waals surface area contributed by atoms with Gasteiger partial charge in [0.05, 0.1) is 4.91 Å². The molecule has 6 nitrogen and oxygen atoms in total. The van der Waals surface area contributed by atoms with Gasteiger partial charge in [-0.15, -0.1) is 0 Å². The Morgan fingerprint density at radius 1 is 0.974 bits per heavy atom. The number of hydrogen-bond acceptors (Lipinski definition) is 4. The second-order valence-corrected chi connectivity index (χ2v) is 10.8. The van der Waals surface area contributed by atoms with Gasteiger partial charge in [0.25, 0.3) is 11.1 Å². The number of nitrogens with zero attached hydrogens (tertiary/aromatic N) is 3. The molecule has 0 unspecified atom stereocenters. The Bertz CT molecular complexity index is 1620. The van der Waals surface area contributed by atoms with Gasteiger partial charge in [0.1, 0.15) is 6.54 Å². The molecule has 0 atom stereocenters. The van der Waals surface area contributed by atoms with Gasteiger partial charge in [-0.1, -0.05) is 72.3 Å². The zero-order valence-electron chi connectivity index (χ0n) is 21.1. The molecule has 0 spiro atoms. The Morgan fingerprint density at radius 3 is 2.61 bits per heavy atom. The number of aromatic nitrogens is 1. The summed E-state index contributed by atoms with van der Waals surface area (Å²) >= 11 is 0.896. The summed E-state index contributed by atoms with van der Waals surface area (Å²) in [5, 5.41) is 0.602. The van der Waals surface area contributed by atoms with E-state index in [0.717, 1.165) is 45.1 Å². The predicted molar refractivity (Wildman–Crippen MR) is 150 cm³/mol. The molecule has 3 aromatic carbocycles. The van der Waals surface area contributed by atoms with Gasteiger partial charge in [-0.3, -0.25) is 19.3 Å². The maximum absolute atomic E-state index is 13.2. The minimum absolute atomic E-state index is 0.210. The molecule has 6 rings (SSSR count). The van der Waals surface area contributed by atoms with Gasteiger partial charge in [-0.2, -0.15) is 0 Å². The summed E-state index contributed by atoms with van der Waals surface area (Å²) in [5.74, 6) is -0.626. The van der Waals surface area contributed by atoms with Crippen molar-refractivity contribution in [2.24, 2.45) is 0 Å².